The Morgan fingerprint density at radius 2 is 2.50 bits per heavy atom. The lowest BCUT2D eigenvalue weighted by Gasteiger charge is -1.95. The molecule has 0 saturated heterocycles. The number of rotatable bonds is 3. The molecule has 0 bridgehead atoms. The molecule has 2 nitrogen and oxygen atoms in total. The van der Waals surface area contributed by atoms with E-state index in [2.05, 4.69) is 18.0 Å². The SMILES string of the molecule is CCCCN=C1CCC(C#N)C1. The molecule has 1 fully saturated rings. The standard InChI is InChI=1S/C10H16N2/c1-2-3-6-12-10-5-4-9(7-10)8-11/h9H,2-7H2,1H3. The molecule has 2 heteroatoms. The van der Waals surface area contributed by atoms with Crippen molar-refractivity contribution >= 4 is 5.71 Å². The first-order valence-electron chi connectivity index (χ1n) is 4.78. The van der Waals surface area contributed by atoms with Crippen LogP contribution in [0.25, 0.3) is 0 Å². The Morgan fingerprint density at radius 1 is 1.67 bits per heavy atom. The van der Waals surface area contributed by atoms with E-state index in [1.54, 1.807) is 0 Å². The second-order valence-electron chi connectivity index (χ2n) is 3.37. The Balaban J connectivity index is 2.27. The van der Waals surface area contributed by atoms with Crippen LogP contribution in [0, 0.1) is 17.2 Å². The van der Waals surface area contributed by atoms with Gasteiger partial charge >= 0.3 is 0 Å². The molecule has 0 heterocycles. The van der Waals surface area contributed by atoms with Crippen LogP contribution < -0.4 is 0 Å². The van der Waals surface area contributed by atoms with E-state index in [1.165, 1.54) is 18.6 Å². The monoisotopic (exact) mass is 164 g/mol. The maximum Gasteiger partial charge on any atom is 0.0659 e. The molecule has 1 atom stereocenters. The second-order valence-corrected chi connectivity index (χ2v) is 3.37. The van der Waals surface area contributed by atoms with Gasteiger partial charge in [-0.2, -0.15) is 5.26 Å². The van der Waals surface area contributed by atoms with Crippen LogP contribution in [0.15, 0.2) is 4.99 Å². The molecule has 0 N–H and O–H groups in total. The minimum absolute atomic E-state index is 0.255. The molecule has 0 aromatic rings. The van der Waals surface area contributed by atoms with Crippen LogP contribution in [0.5, 0.6) is 0 Å². The van der Waals surface area contributed by atoms with Crippen molar-refractivity contribution in [1.82, 2.24) is 0 Å². The third-order valence-electron chi connectivity index (χ3n) is 2.29. The first-order valence-corrected chi connectivity index (χ1v) is 4.78. The van der Waals surface area contributed by atoms with Gasteiger partial charge in [0.25, 0.3) is 0 Å². The fraction of sp³-hybridized carbons (Fsp3) is 0.800. The van der Waals surface area contributed by atoms with Crippen LogP contribution >= 0.6 is 0 Å². The third kappa shape index (κ3) is 2.65. The molecule has 0 amide bonds. The predicted octanol–water partition coefficient (Wildman–Crippen LogP) is 2.55. The summed E-state index contributed by atoms with van der Waals surface area (Å²) in [5.74, 6) is 0.255. The van der Waals surface area contributed by atoms with Crippen molar-refractivity contribution in [3.8, 4) is 6.07 Å². The summed E-state index contributed by atoms with van der Waals surface area (Å²) in [4.78, 5) is 4.48. The van der Waals surface area contributed by atoms with Gasteiger partial charge in [0.1, 0.15) is 0 Å². The Labute approximate surface area is 74.3 Å². The van der Waals surface area contributed by atoms with Gasteiger partial charge in [-0.05, 0) is 19.3 Å². The van der Waals surface area contributed by atoms with E-state index in [1.807, 2.05) is 0 Å². The van der Waals surface area contributed by atoms with Crippen molar-refractivity contribution in [3.63, 3.8) is 0 Å². The zero-order valence-corrected chi connectivity index (χ0v) is 7.71. The highest BCUT2D eigenvalue weighted by atomic mass is 14.7. The predicted molar refractivity (Wildman–Crippen MR) is 50.2 cm³/mol. The van der Waals surface area contributed by atoms with E-state index in [0.717, 1.165) is 25.8 Å². The number of nitriles is 1. The van der Waals surface area contributed by atoms with Crippen LogP contribution in [0.2, 0.25) is 0 Å². The Morgan fingerprint density at radius 3 is 3.08 bits per heavy atom. The number of hydrogen-bond donors (Lipinski definition) is 0. The number of nitrogens with zero attached hydrogens (tertiary/aromatic N) is 2. The molecule has 1 aliphatic rings. The summed E-state index contributed by atoms with van der Waals surface area (Å²) in [6.07, 6.45) is 5.41. The molecule has 0 aliphatic heterocycles. The van der Waals surface area contributed by atoms with Gasteiger partial charge in [-0.3, -0.25) is 4.99 Å². The second kappa shape index (κ2) is 4.92. The summed E-state index contributed by atoms with van der Waals surface area (Å²) < 4.78 is 0. The highest BCUT2D eigenvalue weighted by molar-refractivity contribution is 5.86. The van der Waals surface area contributed by atoms with Crippen molar-refractivity contribution in [2.45, 2.75) is 39.0 Å². The zero-order valence-electron chi connectivity index (χ0n) is 7.71. The van der Waals surface area contributed by atoms with Gasteiger partial charge in [-0.25, -0.2) is 0 Å². The summed E-state index contributed by atoms with van der Waals surface area (Å²) in [7, 11) is 0. The van der Waals surface area contributed by atoms with Crippen LogP contribution in [0.4, 0.5) is 0 Å². The lowest BCUT2D eigenvalue weighted by Crippen LogP contribution is -1.94. The van der Waals surface area contributed by atoms with E-state index in [0.29, 0.717) is 0 Å². The summed E-state index contributed by atoms with van der Waals surface area (Å²) in [5.41, 5.74) is 1.27. The average Bonchev–Trinajstić information content (AvgIpc) is 2.53. The van der Waals surface area contributed by atoms with E-state index in [4.69, 9.17) is 5.26 Å². The summed E-state index contributed by atoms with van der Waals surface area (Å²) in [6, 6.07) is 2.30. The molecular weight excluding hydrogens is 148 g/mol. The van der Waals surface area contributed by atoms with Crippen molar-refractivity contribution < 1.29 is 0 Å². The minimum atomic E-state index is 0.255. The lowest BCUT2D eigenvalue weighted by molar-refractivity contribution is 0.711. The maximum absolute atomic E-state index is 8.65. The fourth-order valence-electron chi connectivity index (χ4n) is 1.48. The average molecular weight is 164 g/mol. The first kappa shape index (κ1) is 9.25. The molecule has 12 heavy (non-hydrogen) atoms. The number of hydrogen-bond acceptors (Lipinski definition) is 2. The van der Waals surface area contributed by atoms with Crippen molar-refractivity contribution in [1.29, 1.82) is 5.26 Å². The first-order chi connectivity index (χ1) is 5.86. The van der Waals surface area contributed by atoms with Gasteiger partial charge in [0.15, 0.2) is 0 Å². The zero-order chi connectivity index (χ0) is 8.81. The smallest absolute Gasteiger partial charge is 0.0659 e. The Hall–Kier alpha value is -0.840. The molecule has 1 saturated carbocycles. The molecule has 0 spiro atoms. The van der Waals surface area contributed by atoms with Gasteiger partial charge in [-0.15, -0.1) is 0 Å². The van der Waals surface area contributed by atoms with Gasteiger partial charge in [-0.1, -0.05) is 13.3 Å². The summed E-state index contributed by atoms with van der Waals surface area (Å²) in [5, 5.41) is 8.65. The quantitative estimate of drug-likeness (QED) is 0.590. The largest absolute Gasteiger partial charge is 0.294 e. The van der Waals surface area contributed by atoms with E-state index < -0.39 is 0 Å². The summed E-state index contributed by atoms with van der Waals surface area (Å²) in [6.45, 7) is 3.14. The maximum atomic E-state index is 8.65. The van der Waals surface area contributed by atoms with Crippen LogP contribution in [0.3, 0.4) is 0 Å². The molecule has 0 aromatic heterocycles. The van der Waals surface area contributed by atoms with Gasteiger partial charge in [0, 0.05) is 18.7 Å². The molecule has 0 aromatic carbocycles. The molecular formula is C10H16N2. The van der Waals surface area contributed by atoms with Crippen LogP contribution in [-0.4, -0.2) is 12.3 Å². The number of aliphatic imine (C=N–C) groups is 1. The minimum Gasteiger partial charge on any atom is -0.294 e. The molecule has 0 radical (unpaired) electrons. The summed E-state index contributed by atoms with van der Waals surface area (Å²) >= 11 is 0. The van der Waals surface area contributed by atoms with E-state index in [9.17, 15) is 0 Å². The lowest BCUT2D eigenvalue weighted by atomic mass is 10.1. The Kier molecular flexibility index (Phi) is 3.79. The van der Waals surface area contributed by atoms with Crippen molar-refractivity contribution in [3.05, 3.63) is 0 Å². The van der Waals surface area contributed by atoms with Crippen LogP contribution in [0.1, 0.15) is 39.0 Å². The topological polar surface area (TPSA) is 36.1 Å². The van der Waals surface area contributed by atoms with E-state index in [-0.39, 0.29) is 5.92 Å². The number of unbranched alkanes of at least 4 members (excludes halogenated alkanes) is 1. The molecule has 1 aliphatic carbocycles. The van der Waals surface area contributed by atoms with Crippen molar-refractivity contribution in [2.24, 2.45) is 10.9 Å². The third-order valence-corrected chi connectivity index (χ3v) is 2.29. The Bertz CT molecular complexity index is 200. The molecule has 66 valence electrons. The van der Waals surface area contributed by atoms with E-state index >= 15 is 0 Å². The van der Waals surface area contributed by atoms with Gasteiger partial charge < -0.3 is 0 Å². The normalized spacial score (nSPS) is 26.0. The van der Waals surface area contributed by atoms with Crippen LogP contribution in [-0.2, 0) is 0 Å². The van der Waals surface area contributed by atoms with Gasteiger partial charge in [0.05, 0.1) is 12.0 Å². The highest BCUT2D eigenvalue weighted by Gasteiger charge is 2.19. The molecule has 1 rings (SSSR count). The molecule has 1 unspecified atom stereocenters. The van der Waals surface area contributed by atoms with Gasteiger partial charge in [0.2, 0.25) is 0 Å². The van der Waals surface area contributed by atoms with Crippen molar-refractivity contribution in [2.75, 3.05) is 6.54 Å². The highest BCUT2D eigenvalue weighted by Crippen LogP contribution is 2.22. The fourth-order valence-corrected chi connectivity index (χ4v) is 1.48.